The molecule has 86 valence electrons. The first kappa shape index (κ1) is 10.9. The number of rotatable bonds is 3. The van der Waals surface area contributed by atoms with Crippen LogP contribution in [0.2, 0.25) is 0 Å². The van der Waals surface area contributed by atoms with Crippen LogP contribution < -0.4 is 5.32 Å². The van der Waals surface area contributed by atoms with E-state index in [1.54, 1.807) is 0 Å². The van der Waals surface area contributed by atoms with Gasteiger partial charge >= 0.3 is 0 Å². The second-order valence-electron chi connectivity index (χ2n) is 5.04. The molecule has 0 spiro atoms. The van der Waals surface area contributed by atoms with Crippen LogP contribution in [0.15, 0.2) is 0 Å². The van der Waals surface area contributed by atoms with Gasteiger partial charge in [-0.15, -0.1) is 0 Å². The molecule has 1 amide bonds. The average molecular weight is 210 g/mol. The predicted octanol–water partition coefficient (Wildman–Crippen LogP) is 1.39. The minimum Gasteiger partial charge on any atom is -0.352 e. The molecule has 1 N–H and O–H groups in total. The molecule has 2 heterocycles. The number of nitrogens with zero attached hydrogens (tertiary/aromatic N) is 1. The SMILES string of the molecule is CC[C@@H](C)C(=O)N[C@H]1C[C@@H]2CCCN2C1. The number of carbonyl (C=O) groups is 1. The van der Waals surface area contributed by atoms with Gasteiger partial charge < -0.3 is 5.32 Å². The van der Waals surface area contributed by atoms with Gasteiger partial charge in [-0.25, -0.2) is 0 Å². The zero-order valence-corrected chi connectivity index (χ0v) is 9.83. The Hall–Kier alpha value is -0.570. The Kier molecular flexibility index (Phi) is 3.29. The number of amides is 1. The Morgan fingerprint density at radius 1 is 1.60 bits per heavy atom. The fourth-order valence-corrected chi connectivity index (χ4v) is 2.72. The van der Waals surface area contributed by atoms with Crippen LogP contribution in [0, 0.1) is 5.92 Å². The van der Waals surface area contributed by atoms with E-state index in [4.69, 9.17) is 0 Å². The van der Waals surface area contributed by atoms with Crippen molar-refractivity contribution < 1.29 is 4.79 Å². The van der Waals surface area contributed by atoms with Crippen molar-refractivity contribution >= 4 is 5.91 Å². The molecule has 3 heteroatoms. The summed E-state index contributed by atoms with van der Waals surface area (Å²) < 4.78 is 0. The zero-order valence-electron chi connectivity index (χ0n) is 9.83. The normalized spacial score (nSPS) is 32.7. The van der Waals surface area contributed by atoms with Crippen molar-refractivity contribution in [1.82, 2.24) is 10.2 Å². The molecule has 2 rings (SSSR count). The lowest BCUT2D eigenvalue weighted by atomic mass is 10.1. The van der Waals surface area contributed by atoms with Gasteiger partial charge in [0.05, 0.1) is 0 Å². The highest BCUT2D eigenvalue weighted by molar-refractivity contribution is 5.78. The van der Waals surface area contributed by atoms with E-state index in [2.05, 4.69) is 17.1 Å². The lowest BCUT2D eigenvalue weighted by Crippen LogP contribution is -2.39. The summed E-state index contributed by atoms with van der Waals surface area (Å²) >= 11 is 0. The standard InChI is InChI=1S/C12H22N2O/c1-3-9(2)12(15)13-10-7-11-5-4-6-14(11)8-10/h9-11H,3-8H2,1-2H3,(H,13,15)/t9-,10+,11+/m1/s1. The van der Waals surface area contributed by atoms with E-state index in [1.165, 1.54) is 25.8 Å². The molecule has 0 aromatic heterocycles. The van der Waals surface area contributed by atoms with Gasteiger partial charge in [-0.3, -0.25) is 9.69 Å². The summed E-state index contributed by atoms with van der Waals surface area (Å²) in [5.74, 6) is 0.407. The molecular weight excluding hydrogens is 188 g/mol. The largest absolute Gasteiger partial charge is 0.352 e. The highest BCUT2D eigenvalue weighted by atomic mass is 16.1. The van der Waals surface area contributed by atoms with Gasteiger partial charge in [0.1, 0.15) is 0 Å². The van der Waals surface area contributed by atoms with Crippen LogP contribution in [-0.4, -0.2) is 36.0 Å². The Morgan fingerprint density at radius 3 is 3.07 bits per heavy atom. The van der Waals surface area contributed by atoms with Crippen LogP contribution in [0.1, 0.15) is 39.5 Å². The molecule has 0 aliphatic carbocycles. The van der Waals surface area contributed by atoms with E-state index in [1.807, 2.05) is 6.92 Å². The number of hydrogen-bond acceptors (Lipinski definition) is 2. The monoisotopic (exact) mass is 210 g/mol. The van der Waals surface area contributed by atoms with Crippen LogP contribution in [0.4, 0.5) is 0 Å². The summed E-state index contributed by atoms with van der Waals surface area (Å²) in [4.78, 5) is 14.2. The molecule has 2 fully saturated rings. The van der Waals surface area contributed by atoms with Crippen LogP contribution in [0.5, 0.6) is 0 Å². The third-order valence-electron chi connectivity index (χ3n) is 3.92. The highest BCUT2D eigenvalue weighted by Crippen LogP contribution is 2.27. The average Bonchev–Trinajstić information content (AvgIpc) is 2.76. The number of carbonyl (C=O) groups excluding carboxylic acids is 1. The molecule has 3 atom stereocenters. The molecule has 2 saturated heterocycles. The maximum absolute atomic E-state index is 11.7. The maximum atomic E-state index is 11.7. The molecule has 3 nitrogen and oxygen atoms in total. The van der Waals surface area contributed by atoms with Crippen molar-refractivity contribution in [1.29, 1.82) is 0 Å². The molecule has 0 aromatic rings. The smallest absolute Gasteiger partial charge is 0.223 e. The minimum atomic E-state index is 0.167. The van der Waals surface area contributed by atoms with Crippen molar-refractivity contribution in [3.63, 3.8) is 0 Å². The predicted molar refractivity (Wildman–Crippen MR) is 60.6 cm³/mol. The second kappa shape index (κ2) is 4.52. The van der Waals surface area contributed by atoms with Crippen LogP contribution in [0.25, 0.3) is 0 Å². The minimum absolute atomic E-state index is 0.167. The fourth-order valence-electron chi connectivity index (χ4n) is 2.72. The van der Waals surface area contributed by atoms with Gasteiger partial charge in [-0.05, 0) is 32.2 Å². The van der Waals surface area contributed by atoms with E-state index < -0.39 is 0 Å². The zero-order chi connectivity index (χ0) is 10.8. The fraction of sp³-hybridized carbons (Fsp3) is 0.917. The van der Waals surface area contributed by atoms with Gasteiger partial charge in [-0.1, -0.05) is 13.8 Å². The summed E-state index contributed by atoms with van der Waals surface area (Å²) in [6.45, 7) is 6.38. The lowest BCUT2D eigenvalue weighted by Gasteiger charge is -2.16. The maximum Gasteiger partial charge on any atom is 0.223 e. The Morgan fingerprint density at radius 2 is 2.40 bits per heavy atom. The van der Waals surface area contributed by atoms with E-state index in [0.29, 0.717) is 6.04 Å². The van der Waals surface area contributed by atoms with Gasteiger partial charge in [0.15, 0.2) is 0 Å². The molecule has 2 aliphatic heterocycles. The molecular formula is C12H22N2O. The summed E-state index contributed by atoms with van der Waals surface area (Å²) in [5, 5.41) is 3.18. The second-order valence-corrected chi connectivity index (χ2v) is 5.04. The van der Waals surface area contributed by atoms with E-state index in [0.717, 1.165) is 19.0 Å². The first-order valence-electron chi connectivity index (χ1n) is 6.25. The molecule has 15 heavy (non-hydrogen) atoms. The van der Waals surface area contributed by atoms with Crippen LogP contribution >= 0.6 is 0 Å². The van der Waals surface area contributed by atoms with Crippen LogP contribution in [0.3, 0.4) is 0 Å². The summed E-state index contributed by atoms with van der Waals surface area (Å²) in [7, 11) is 0. The van der Waals surface area contributed by atoms with E-state index >= 15 is 0 Å². The summed E-state index contributed by atoms with van der Waals surface area (Å²) in [5.41, 5.74) is 0. The molecule has 2 aliphatic rings. The number of hydrogen-bond donors (Lipinski definition) is 1. The van der Waals surface area contributed by atoms with E-state index in [9.17, 15) is 4.79 Å². The van der Waals surface area contributed by atoms with Crippen LogP contribution in [-0.2, 0) is 4.79 Å². The molecule has 0 bridgehead atoms. The quantitative estimate of drug-likeness (QED) is 0.763. The van der Waals surface area contributed by atoms with Gasteiger partial charge in [0.2, 0.25) is 5.91 Å². The molecule has 0 unspecified atom stereocenters. The Bertz CT molecular complexity index is 230. The summed E-state index contributed by atoms with van der Waals surface area (Å²) in [6.07, 6.45) is 4.78. The Labute approximate surface area is 92.2 Å². The topological polar surface area (TPSA) is 32.3 Å². The van der Waals surface area contributed by atoms with Gasteiger partial charge in [0, 0.05) is 24.5 Å². The van der Waals surface area contributed by atoms with Crippen molar-refractivity contribution in [3.8, 4) is 0 Å². The van der Waals surface area contributed by atoms with Gasteiger partial charge in [0.25, 0.3) is 0 Å². The van der Waals surface area contributed by atoms with Crippen molar-refractivity contribution in [2.75, 3.05) is 13.1 Å². The van der Waals surface area contributed by atoms with E-state index in [-0.39, 0.29) is 11.8 Å². The molecule has 0 radical (unpaired) electrons. The first-order valence-corrected chi connectivity index (χ1v) is 6.25. The summed E-state index contributed by atoms with van der Waals surface area (Å²) in [6, 6.07) is 1.17. The van der Waals surface area contributed by atoms with Gasteiger partial charge in [-0.2, -0.15) is 0 Å². The molecule has 0 aromatic carbocycles. The number of fused-ring (bicyclic) bond motifs is 1. The van der Waals surface area contributed by atoms with Crippen molar-refractivity contribution in [3.05, 3.63) is 0 Å². The first-order chi connectivity index (χ1) is 7.20. The number of nitrogens with one attached hydrogen (secondary N) is 1. The Balaban J connectivity index is 1.80. The van der Waals surface area contributed by atoms with Crippen molar-refractivity contribution in [2.24, 2.45) is 5.92 Å². The third kappa shape index (κ3) is 2.33. The third-order valence-corrected chi connectivity index (χ3v) is 3.92. The van der Waals surface area contributed by atoms with Crippen molar-refractivity contribution in [2.45, 2.75) is 51.6 Å². The highest BCUT2D eigenvalue weighted by Gasteiger charge is 2.35. The lowest BCUT2D eigenvalue weighted by molar-refractivity contribution is -0.125. The molecule has 0 saturated carbocycles.